The van der Waals surface area contributed by atoms with Gasteiger partial charge in [0.15, 0.2) is 5.75 Å². The number of aromatic nitrogens is 1. The van der Waals surface area contributed by atoms with Crippen LogP contribution in [0.5, 0.6) is 5.75 Å². The molecule has 2 nitrogen and oxygen atoms in total. The average molecular weight is 330 g/mol. The maximum atomic E-state index is 12.5. The molecule has 0 aliphatic rings. The van der Waals surface area contributed by atoms with E-state index in [0.29, 0.717) is 0 Å². The van der Waals surface area contributed by atoms with Crippen LogP contribution < -0.4 is 4.74 Å². The van der Waals surface area contributed by atoms with E-state index in [1.54, 1.807) is 0 Å². The first-order valence-electron chi connectivity index (χ1n) is 4.66. The minimum Gasteiger partial charge on any atom is -0.404 e. The highest BCUT2D eigenvalue weighted by atomic mass is 35.5. The molecule has 0 unspecified atom stereocenters. The quantitative estimate of drug-likeness (QED) is 0.593. The largest absolute Gasteiger partial charge is 0.573 e. The number of hydrogen-bond acceptors (Lipinski definition) is 2. The molecule has 0 saturated heterocycles. The van der Waals surface area contributed by atoms with Crippen molar-refractivity contribution >= 4 is 11.6 Å². The minimum atomic E-state index is -5.35. The summed E-state index contributed by atoms with van der Waals surface area (Å²) >= 11 is 5.15. The number of halogens is 9. The first kappa shape index (κ1) is 16.7. The van der Waals surface area contributed by atoms with Crippen molar-refractivity contribution in [3.05, 3.63) is 23.0 Å². The normalized spacial score (nSPS) is 12.9. The van der Waals surface area contributed by atoms with Gasteiger partial charge in [0.1, 0.15) is 11.4 Å². The Labute approximate surface area is 111 Å². The second-order valence-corrected chi connectivity index (χ2v) is 3.63. The monoisotopic (exact) mass is 329 g/mol. The van der Waals surface area contributed by atoms with Crippen molar-refractivity contribution < 1.29 is 39.9 Å². The fourth-order valence-electron chi connectivity index (χ4n) is 1.26. The molecule has 0 atom stereocenters. The molecule has 1 aromatic rings. The summed E-state index contributed by atoms with van der Waals surface area (Å²) in [6.45, 7) is 0. The highest BCUT2D eigenvalue weighted by Crippen LogP contribution is 2.38. The minimum absolute atomic E-state index is 0.151. The predicted molar refractivity (Wildman–Crippen MR) is 50.4 cm³/mol. The Balaban J connectivity index is 3.46. The summed E-state index contributed by atoms with van der Waals surface area (Å²) in [6, 6.07) is 0.151. The van der Waals surface area contributed by atoms with Crippen LogP contribution in [0.15, 0.2) is 6.07 Å². The molecule has 0 saturated carbocycles. The molecule has 1 aromatic heterocycles. The van der Waals surface area contributed by atoms with Gasteiger partial charge >= 0.3 is 12.5 Å². The Morgan fingerprint density at radius 2 is 1.70 bits per heavy atom. The van der Waals surface area contributed by atoms with Crippen LogP contribution in [-0.4, -0.2) is 11.3 Å². The lowest BCUT2D eigenvalue weighted by molar-refractivity contribution is -0.275. The van der Waals surface area contributed by atoms with Gasteiger partial charge in [-0.15, -0.1) is 24.8 Å². The smallest absolute Gasteiger partial charge is 0.404 e. The number of ether oxygens (including phenoxy) is 1. The van der Waals surface area contributed by atoms with Crippen molar-refractivity contribution in [2.75, 3.05) is 0 Å². The summed E-state index contributed by atoms with van der Waals surface area (Å²) in [5.41, 5.74) is -4.44. The lowest BCUT2D eigenvalue weighted by Crippen LogP contribution is -2.21. The van der Waals surface area contributed by atoms with Gasteiger partial charge in [-0.3, -0.25) is 0 Å². The molecular formula is C9H4ClF8NO. The number of alkyl halides is 9. The van der Waals surface area contributed by atoms with Crippen LogP contribution in [-0.2, 0) is 12.1 Å². The molecule has 0 fully saturated rings. The maximum Gasteiger partial charge on any atom is 0.573 e. The van der Waals surface area contributed by atoms with Crippen molar-refractivity contribution in [3.63, 3.8) is 0 Å². The molecule has 0 aliphatic heterocycles. The number of nitrogens with zero attached hydrogens (tertiary/aromatic N) is 1. The van der Waals surface area contributed by atoms with Crippen molar-refractivity contribution in [1.29, 1.82) is 0 Å². The van der Waals surface area contributed by atoms with E-state index in [4.69, 9.17) is 11.6 Å². The zero-order chi connectivity index (χ0) is 15.7. The van der Waals surface area contributed by atoms with Crippen molar-refractivity contribution in [2.24, 2.45) is 0 Å². The van der Waals surface area contributed by atoms with Crippen molar-refractivity contribution in [3.8, 4) is 5.75 Å². The van der Waals surface area contributed by atoms with E-state index in [2.05, 4.69) is 9.72 Å². The van der Waals surface area contributed by atoms with Crippen LogP contribution in [0, 0.1) is 0 Å². The Morgan fingerprint density at radius 1 is 1.15 bits per heavy atom. The molecule has 1 heterocycles. The third-order valence-electron chi connectivity index (χ3n) is 1.94. The van der Waals surface area contributed by atoms with E-state index in [-0.39, 0.29) is 6.07 Å². The van der Waals surface area contributed by atoms with Gasteiger partial charge in [0.05, 0.1) is 0 Å². The fraction of sp³-hybridized carbons (Fsp3) is 0.444. The highest BCUT2D eigenvalue weighted by molar-refractivity contribution is 6.17. The zero-order valence-electron chi connectivity index (χ0n) is 9.12. The van der Waals surface area contributed by atoms with Gasteiger partial charge in [0.25, 0.3) is 6.43 Å². The van der Waals surface area contributed by atoms with E-state index in [1.807, 2.05) is 0 Å². The van der Waals surface area contributed by atoms with E-state index in [0.717, 1.165) is 0 Å². The standard InChI is InChI=1S/C9H4ClF8NO/c10-2-3-1-4(20-9(16,17)18)5(7(11)12)19-6(3)8(13,14)15/h1,7H,2H2. The van der Waals surface area contributed by atoms with Gasteiger partial charge in [-0.1, -0.05) is 0 Å². The lowest BCUT2D eigenvalue weighted by Gasteiger charge is -2.17. The van der Waals surface area contributed by atoms with Gasteiger partial charge in [0.2, 0.25) is 0 Å². The topological polar surface area (TPSA) is 22.1 Å². The summed E-state index contributed by atoms with van der Waals surface area (Å²) < 4.78 is 102. The number of pyridine rings is 1. The van der Waals surface area contributed by atoms with Crippen molar-refractivity contribution in [2.45, 2.75) is 24.8 Å². The lowest BCUT2D eigenvalue weighted by atomic mass is 10.1. The number of hydrogen-bond donors (Lipinski definition) is 0. The second kappa shape index (κ2) is 5.58. The summed E-state index contributed by atoms with van der Waals surface area (Å²) in [5, 5.41) is 0. The predicted octanol–water partition coefficient (Wildman–Crippen LogP) is 4.68. The number of rotatable bonds is 3. The van der Waals surface area contributed by atoms with Crippen molar-refractivity contribution in [1.82, 2.24) is 4.98 Å². The van der Waals surface area contributed by atoms with Crippen LogP contribution >= 0.6 is 11.6 Å². The van der Waals surface area contributed by atoms with Crippen LogP contribution in [0.4, 0.5) is 35.1 Å². The van der Waals surface area contributed by atoms with Crippen LogP contribution in [0.2, 0.25) is 0 Å². The first-order chi connectivity index (χ1) is 8.95. The van der Waals surface area contributed by atoms with Crippen LogP contribution in [0.3, 0.4) is 0 Å². The van der Waals surface area contributed by atoms with E-state index in [9.17, 15) is 35.1 Å². The third-order valence-corrected chi connectivity index (χ3v) is 2.23. The second-order valence-electron chi connectivity index (χ2n) is 3.36. The molecule has 1 rings (SSSR count). The zero-order valence-corrected chi connectivity index (χ0v) is 9.87. The molecule has 0 spiro atoms. The SMILES string of the molecule is FC(F)c1nc(C(F)(F)F)c(CCl)cc1OC(F)(F)F. The van der Waals surface area contributed by atoms with Gasteiger partial charge in [-0.25, -0.2) is 13.8 Å². The summed E-state index contributed by atoms with van der Waals surface area (Å²) in [4.78, 5) is 2.51. The molecule has 20 heavy (non-hydrogen) atoms. The molecule has 0 bridgehead atoms. The molecule has 114 valence electrons. The van der Waals surface area contributed by atoms with Gasteiger partial charge < -0.3 is 4.74 Å². The molecule has 0 radical (unpaired) electrons. The van der Waals surface area contributed by atoms with Crippen LogP contribution in [0.25, 0.3) is 0 Å². The molecule has 11 heteroatoms. The first-order valence-corrected chi connectivity index (χ1v) is 5.20. The molecular weight excluding hydrogens is 326 g/mol. The Morgan fingerprint density at radius 3 is 2.05 bits per heavy atom. The summed E-state index contributed by atoms with van der Waals surface area (Å²) in [6.07, 6.45) is -14.2. The molecule has 0 amide bonds. The third kappa shape index (κ3) is 4.09. The van der Waals surface area contributed by atoms with Crippen LogP contribution in [0.1, 0.15) is 23.4 Å². The maximum absolute atomic E-state index is 12.5. The van der Waals surface area contributed by atoms with Gasteiger partial charge in [0, 0.05) is 11.4 Å². The van der Waals surface area contributed by atoms with Gasteiger partial charge in [-0.2, -0.15) is 13.2 Å². The highest BCUT2D eigenvalue weighted by Gasteiger charge is 2.39. The van der Waals surface area contributed by atoms with Gasteiger partial charge in [-0.05, 0) is 6.07 Å². The summed E-state index contributed by atoms with van der Waals surface area (Å²) in [7, 11) is 0. The Hall–Kier alpha value is -1.32. The Bertz CT molecular complexity index is 484. The molecule has 0 N–H and O–H groups in total. The molecule has 0 aromatic carbocycles. The summed E-state index contributed by atoms with van der Waals surface area (Å²) in [5.74, 6) is -2.39. The fourth-order valence-corrected chi connectivity index (χ4v) is 1.46. The van der Waals surface area contributed by atoms with E-state index in [1.165, 1.54) is 0 Å². The average Bonchev–Trinajstić information content (AvgIpc) is 2.24. The molecule has 0 aliphatic carbocycles. The van der Waals surface area contributed by atoms with E-state index >= 15 is 0 Å². The Kier molecular flexibility index (Phi) is 4.67. The van der Waals surface area contributed by atoms with E-state index < -0.39 is 47.5 Å².